The number of aliphatic carboxylic acids is 1. The van der Waals surface area contributed by atoms with Crippen LogP contribution < -0.4 is 0 Å². The summed E-state index contributed by atoms with van der Waals surface area (Å²) in [6.07, 6.45) is 3.68. The Morgan fingerprint density at radius 3 is 2.94 bits per heavy atom. The number of thiazole rings is 1. The zero-order valence-electron chi connectivity index (χ0n) is 10.0. The molecule has 2 heterocycles. The van der Waals surface area contributed by atoms with Crippen LogP contribution in [0.25, 0.3) is 15.2 Å². The monoisotopic (exact) mass is 260 g/mol. The highest BCUT2D eigenvalue weighted by Crippen LogP contribution is 2.31. The van der Waals surface area contributed by atoms with Gasteiger partial charge in [-0.25, -0.2) is 4.98 Å². The van der Waals surface area contributed by atoms with Crippen molar-refractivity contribution in [2.75, 3.05) is 0 Å². The van der Waals surface area contributed by atoms with E-state index in [4.69, 9.17) is 0 Å². The highest BCUT2D eigenvalue weighted by atomic mass is 32.1. The number of hydrogen-bond acceptors (Lipinski definition) is 3. The molecular formula is C13H12N2O2S. The number of carbonyl (C=O) groups is 1. The molecule has 1 aromatic carbocycles. The van der Waals surface area contributed by atoms with Crippen molar-refractivity contribution in [1.82, 2.24) is 9.38 Å². The molecule has 0 atom stereocenters. The summed E-state index contributed by atoms with van der Waals surface area (Å²) in [5.41, 5.74) is 1.00. The van der Waals surface area contributed by atoms with Crippen molar-refractivity contribution in [3.63, 3.8) is 0 Å². The van der Waals surface area contributed by atoms with Gasteiger partial charge in [-0.2, -0.15) is 0 Å². The summed E-state index contributed by atoms with van der Waals surface area (Å²) < 4.78 is 3.07. The minimum absolute atomic E-state index is 0.812. The van der Waals surface area contributed by atoms with Crippen LogP contribution in [0, 0.1) is 0 Å². The van der Waals surface area contributed by atoms with Crippen molar-refractivity contribution in [3.05, 3.63) is 36.2 Å². The van der Waals surface area contributed by atoms with Gasteiger partial charge in [0.2, 0.25) is 0 Å². The first kappa shape index (κ1) is 11.2. The van der Waals surface area contributed by atoms with E-state index in [2.05, 4.69) is 4.98 Å². The molecule has 0 bridgehead atoms. The zero-order chi connectivity index (χ0) is 12.9. The Hall–Kier alpha value is -1.88. The number of nitrogens with zero attached hydrogens (tertiary/aromatic N) is 2. The van der Waals surface area contributed by atoms with E-state index < -0.39 is 11.4 Å². The molecule has 92 valence electrons. The van der Waals surface area contributed by atoms with Crippen molar-refractivity contribution in [2.24, 2.45) is 0 Å². The van der Waals surface area contributed by atoms with Gasteiger partial charge in [0.25, 0.3) is 0 Å². The fourth-order valence-electron chi connectivity index (χ4n) is 1.95. The second-order valence-electron chi connectivity index (χ2n) is 4.79. The lowest BCUT2D eigenvalue weighted by Gasteiger charge is -2.19. The molecule has 0 aliphatic rings. The van der Waals surface area contributed by atoms with Crippen LogP contribution in [0.15, 0.2) is 30.6 Å². The fourth-order valence-corrected chi connectivity index (χ4v) is 2.98. The van der Waals surface area contributed by atoms with Gasteiger partial charge in [-0.15, -0.1) is 0 Å². The molecule has 0 amide bonds. The van der Waals surface area contributed by atoms with Crippen LogP contribution in [0.2, 0.25) is 0 Å². The van der Waals surface area contributed by atoms with Crippen LogP contribution in [-0.2, 0) is 10.2 Å². The number of benzene rings is 1. The summed E-state index contributed by atoms with van der Waals surface area (Å²) in [6.45, 7) is 3.43. The summed E-state index contributed by atoms with van der Waals surface area (Å²) in [7, 11) is 0. The van der Waals surface area contributed by atoms with Crippen LogP contribution in [0.3, 0.4) is 0 Å². The lowest BCUT2D eigenvalue weighted by Crippen LogP contribution is -2.28. The van der Waals surface area contributed by atoms with Gasteiger partial charge in [0.05, 0.1) is 15.6 Å². The van der Waals surface area contributed by atoms with Crippen molar-refractivity contribution in [3.8, 4) is 0 Å². The molecule has 0 unspecified atom stereocenters. The Labute approximate surface area is 108 Å². The standard InChI is InChI=1S/C13H12N2O2S/c1-13(2,11(16)17)8-3-4-9-10(7-8)18-12-14-5-6-15(9)12/h3-7H,1-2H3,(H,16,17). The van der Waals surface area contributed by atoms with Crippen molar-refractivity contribution in [2.45, 2.75) is 19.3 Å². The van der Waals surface area contributed by atoms with Gasteiger partial charge < -0.3 is 5.11 Å². The second kappa shape index (κ2) is 3.55. The van der Waals surface area contributed by atoms with E-state index in [0.717, 1.165) is 20.7 Å². The molecule has 0 aliphatic heterocycles. The van der Waals surface area contributed by atoms with Crippen LogP contribution >= 0.6 is 11.3 Å². The van der Waals surface area contributed by atoms with E-state index >= 15 is 0 Å². The average Bonchev–Trinajstić information content (AvgIpc) is 2.87. The van der Waals surface area contributed by atoms with E-state index in [9.17, 15) is 9.90 Å². The van der Waals surface area contributed by atoms with Crippen LogP contribution in [-0.4, -0.2) is 20.5 Å². The maximum atomic E-state index is 11.3. The molecule has 0 spiro atoms. The molecule has 0 aliphatic carbocycles. The Morgan fingerprint density at radius 1 is 1.44 bits per heavy atom. The van der Waals surface area contributed by atoms with E-state index in [1.807, 2.05) is 28.8 Å². The Balaban J connectivity index is 2.25. The summed E-state index contributed by atoms with van der Waals surface area (Å²) in [5.74, 6) is -0.816. The third-order valence-corrected chi connectivity index (χ3v) is 4.32. The van der Waals surface area contributed by atoms with Crippen molar-refractivity contribution in [1.29, 1.82) is 0 Å². The smallest absolute Gasteiger partial charge is 0.313 e. The molecule has 3 aromatic rings. The van der Waals surface area contributed by atoms with E-state index in [1.54, 1.807) is 31.4 Å². The molecule has 1 N–H and O–H groups in total. The topological polar surface area (TPSA) is 54.6 Å². The minimum Gasteiger partial charge on any atom is -0.481 e. The highest BCUT2D eigenvalue weighted by molar-refractivity contribution is 7.23. The predicted molar refractivity (Wildman–Crippen MR) is 71.2 cm³/mol. The van der Waals surface area contributed by atoms with Crippen LogP contribution in [0.4, 0.5) is 0 Å². The first-order valence-electron chi connectivity index (χ1n) is 5.59. The van der Waals surface area contributed by atoms with Gasteiger partial charge in [0, 0.05) is 12.4 Å². The lowest BCUT2D eigenvalue weighted by molar-refractivity contribution is -0.142. The van der Waals surface area contributed by atoms with Crippen molar-refractivity contribution >= 4 is 32.5 Å². The molecule has 5 heteroatoms. The number of carboxylic acids is 1. The summed E-state index contributed by atoms with van der Waals surface area (Å²) in [6, 6.07) is 5.78. The Morgan fingerprint density at radius 2 is 2.22 bits per heavy atom. The lowest BCUT2D eigenvalue weighted by atomic mass is 9.85. The number of carboxylic acid groups (broad SMARTS) is 1. The maximum Gasteiger partial charge on any atom is 0.313 e. The number of aromatic nitrogens is 2. The highest BCUT2D eigenvalue weighted by Gasteiger charge is 2.29. The average molecular weight is 260 g/mol. The van der Waals surface area contributed by atoms with E-state index in [-0.39, 0.29) is 0 Å². The quantitative estimate of drug-likeness (QED) is 0.770. The third-order valence-electron chi connectivity index (χ3n) is 3.28. The van der Waals surface area contributed by atoms with Gasteiger partial charge in [0.15, 0.2) is 4.96 Å². The summed E-state index contributed by atoms with van der Waals surface area (Å²) in [5, 5.41) is 9.25. The summed E-state index contributed by atoms with van der Waals surface area (Å²) >= 11 is 1.57. The van der Waals surface area contributed by atoms with E-state index in [0.29, 0.717) is 0 Å². The number of imidazole rings is 1. The normalized spacial score (nSPS) is 12.3. The van der Waals surface area contributed by atoms with Crippen LogP contribution in [0.5, 0.6) is 0 Å². The maximum absolute atomic E-state index is 11.3. The first-order valence-corrected chi connectivity index (χ1v) is 6.41. The van der Waals surface area contributed by atoms with E-state index in [1.165, 1.54) is 0 Å². The fraction of sp³-hybridized carbons (Fsp3) is 0.231. The molecule has 0 saturated heterocycles. The van der Waals surface area contributed by atoms with Gasteiger partial charge >= 0.3 is 5.97 Å². The molecular weight excluding hydrogens is 248 g/mol. The molecule has 0 fully saturated rings. The van der Waals surface area contributed by atoms with Gasteiger partial charge in [-0.3, -0.25) is 9.20 Å². The van der Waals surface area contributed by atoms with Gasteiger partial charge in [-0.1, -0.05) is 17.4 Å². The molecule has 0 radical (unpaired) electrons. The molecule has 3 rings (SSSR count). The SMILES string of the molecule is CC(C)(C(=O)O)c1ccc2c(c1)sc1nccn12. The predicted octanol–water partition coefficient (Wildman–Crippen LogP) is 2.91. The van der Waals surface area contributed by atoms with Gasteiger partial charge in [-0.05, 0) is 31.5 Å². The number of hydrogen-bond donors (Lipinski definition) is 1. The van der Waals surface area contributed by atoms with Crippen LogP contribution in [0.1, 0.15) is 19.4 Å². The molecule has 2 aromatic heterocycles. The third kappa shape index (κ3) is 1.44. The first-order chi connectivity index (χ1) is 8.50. The molecule has 4 nitrogen and oxygen atoms in total. The van der Waals surface area contributed by atoms with Gasteiger partial charge in [0.1, 0.15) is 0 Å². The Bertz CT molecular complexity index is 755. The largest absolute Gasteiger partial charge is 0.481 e. The molecule has 18 heavy (non-hydrogen) atoms. The van der Waals surface area contributed by atoms with Crippen molar-refractivity contribution < 1.29 is 9.90 Å². The number of fused-ring (bicyclic) bond motifs is 3. The second-order valence-corrected chi connectivity index (χ2v) is 5.80. The Kier molecular flexibility index (Phi) is 2.22. The molecule has 0 saturated carbocycles. The summed E-state index contributed by atoms with van der Waals surface area (Å²) in [4.78, 5) is 16.4. The zero-order valence-corrected chi connectivity index (χ0v) is 10.9. The number of rotatable bonds is 2. The minimum atomic E-state index is -0.875.